The average Bonchev–Trinajstić information content (AvgIpc) is 2.24. The predicted molar refractivity (Wildman–Crippen MR) is 70.7 cm³/mol. The average molecular weight is 266 g/mol. The van der Waals surface area contributed by atoms with Crippen molar-refractivity contribution >= 4 is 21.4 Å². The van der Waals surface area contributed by atoms with Gasteiger partial charge < -0.3 is 11.1 Å². The summed E-state index contributed by atoms with van der Waals surface area (Å²) in [6.45, 7) is 0.255. The number of sulfone groups is 1. The smallest absolute Gasteiger partial charge is 0.239 e. The largest absolute Gasteiger partial charge is 0.325 e. The van der Waals surface area contributed by atoms with Gasteiger partial charge in [-0.3, -0.25) is 4.79 Å². The Balaban J connectivity index is 2.76. The first-order chi connectivity index (χ1) is 8.40. The van der Waals surface area contributed by atoms with E-state index >= 15 is 0 Å². The van der Waals surface area contributed by atoms with Crippen molar-refractivity contribution in [1.82, 2.24) is 0 Å². The summed E-state index contributed by atoms with van der Waals surface area (Å²) in [4.78, 5) is 11.4. The van der Waals surface area contributed by atoms with Gasteiger partial charge in [-0.25, -0.2) is 8.42 Å². The number of carbonyl (C=O) groups excluding carboxylic acids is 1. The second-order valence-corrected chi connectivity index (χ2v) is 5.85. The van der Waals surface area contributed by atoms with Crippen LogP contribution < -0.4 is 11.1 Å². The SMILES string of the molecule is CS(=O)(=O)CC(=O)Nc1cccc(C#CCN)c1. The summed E-state index contributed by atoms with van der Waals surface area (Å²) < 4.78 is 21.9. The van der Waals surface area contributed by atoms with Crippen molar-refractivity contribution in [2.24, 2.45) is 5.73 Å². The molecular weight excluding hydrogens is 252 g/mol. The highest BCUT2D eigenvalue weighted by atomic mass is 32.2. The molecule has 0 aliphatic rings. The summed E-state index contributed by atoms with van der Waals surface area (Å²) in [7, 11) is -3.32. The lowest BCUT2D eigenvalue weighted by atomic mass is 10.2. The van der Waals surface area contributed by atoms with E-state index in [9.17, 15) is 13.2 Å². The number of hydrogen-bond donors (Lipinski definition) is 2. The highest BCUT2D eigenvalue weighted by molar-refractivity contribution is 7.91. The summed E-state index contributed by atoms with van der Waals surface area (Å²) in [6, 6.07) is 6.81. The zero-order chi connectivity index (χ0) is 13.6. The maximum absolute atomic E-state index is 11.4. The summed E-state index contributed by atoms with van der Waals surface area (Å²) in [5.41, 5.74) is 6.47. The first-order valence-corrected chi connectivity index (χ1v) is 7.23. The molecule has 0 fully saturated rings. The standard InChI is InChI=1S/C12H14N2O3S/c1-18(16,17)9-12(15)14-11-6-2-4-10(8-11)5-3-7-13/h2,4,6,8H,7,9,13H2,1H3,(H,14,15). The number of carbonyl (C=O) groups is 1. The minimum atomic E-state index is -3.32. The molecule has 0 saturated heterocycles. The maximum atomic E-state index is 11.4. The molecular formula is C12H14N2O3S. The van der Waals surface area contributed by atoms with E-state index in [1.165, 1.54) is 0 Å². The molecule has 1 aromatic carbocycles. The van der Waals surface area contributed by atoms with Gasteiger partial charge in [0.1, 0.15) is 5.75 Å². The van der Waals surface area contributed by atoms with Crippen LogP contribution in [0, 0.1) is 11.8 Å². The second-order valence-electron chi connectivity index (χ2n) is 3.70. The van der Waals surface area contributed by atoms with Crippen molar-refractivity contribution in [2.75, 3.05) is 23.9 Å². The summed E-state index contributed by atoms with van der Waals surface area (Å²) >= 11 is 0. The van der Waals surface area contributed by atoms with Crippen molar-refractivity contribution in [1.29, 1.82) is 0 Å². The van der Waals surface area contributed by atoms with Crippen molar-refractivity contribution in [3.63, 3.8) is 0 Å². The van der Waals surface area contributed by atoms with Crippen LogP contribution in [-0.2, 0) is 14.6 Å². The Bertz CT molecular complexity index is 597. The van der Waals surface area contributed by atoms with Crippen LogP contribution >= 0.6 is 0 Å². The van der Waals surface area contributed by atoms with Crippen molar-refractivity contribution in [2.45, 2.75) is 0 Å². The topological polar surface area (TPSA) is 89.3 Å². The first kappa shape index (κ1) is 14.2. The lowest BCUT2D eigenvalue weighted by Gasteiger charge is -2.04. The Kier molecular flexibility index (Phi) is 4.89. The van der Waals surface area contributed by atoms with E-state index in [1.807, 2.05) is 0 Å². The maximum Gasteiger partial charge on any atom is 0.239 e. The number of amides is 1. The fourth-order valence-corrected chi connectivity index (χ4v) is 1.81. The molecule has 18 heavy (non-hydrogen) atoms. The van der Waals surface area contributed by atoms with E-state index in [0.717, 1.165) is 6.26 Å². The van der Waals surface area contributed by atoms with Crippen LogP contribution in [0.5, 0.6) is 0 Å². The molecule has 96 valence electrons. The second kappa shape index (κ2) is 6.19. The lowest BCUT2D eigenvalue weighted by Crippen LogP contribution is -2.21. The molecule has 0 aliphatic heterocycles. The molecule has 0 spiro atoms. The normalized spacial score (nSPS) is 10.3. The number of nitrogens with one attached hydrogen (secondary N) is 1. The van der Waals surface area contributed by atoms with Gasteiger partial charge in [0, 0.05) is 17.5 Å². The molecule has 0 aliphatic carbocycles. The Hall–Kier alpha value is -1.84. The molecule has 0 atom stereocenters. The Morgan fingerprint density at radius 1 is 1.44 bits per heavy atom. The van der Waals surface area contributed by atoms with Crippen LogP contribution in [0.25, 0.3) is 0 Å². The van der Waals surface area contributed by atoms with E-state index in [2.05, 4.69) is 17.2 Å². The molecule has 3 N–H and O–H groups in total. The third-order valence-electron chi connectivity index (χ3n) is 1.87. The van der Waals surface area contributed by atoms with E-state index in [1.54, 1.807) is 24.3 Å². The van der Waals surface area contributed by atoms with Crippen molar-refractivity contribution in [3.8, 4) is 11.8 Å². The third kappa shape index (κ3) is 5.48. The summed E-state index contributed by atoms with van der Waals surface area (Å²) in [6.07, 6.45) is 1.01. The van der Waals surface area contributed by atoms with Crippen LogP contribution in [0.3, 0.4) is 0 Å². The molecule has 1 rings (SSSR count). The van der Waals surface area contributed by atoms with Gasteiger partial charge in [0.05, 0.1) is 6.54 Å². The third-order valence-corrected chi connectivity index (χ3v) is 2.66. The molecule has 0 bridgehead atoms. The van der Waals surface area contributed by atoms with Gasteiger partial charge in [-0.15, -0.1) is 0 Å². The van der Waals surface area contributed by atoms with E-state index < -0.39 is 21.5 Å². The number of anilines is 1. The van der Waals surface area contributed by atoms with Crippen LogP contribution in [0.1, 0.15) is 5.56 Å². The summed E-state index contributed by atoms with van der Waals surface area (Å²) in [5.74, 6) is 4.41. The van der Waals surface area contributed by atoms with Gasteiger partial charge in [-0.05, 0) is 18.2 Å². The fourth-order valence-electron chi connectivity index (χ4n) is 1.26. The van der Waals surface area contributed by atoms with Crippen molar-refractivity contribution < 1.29 is 13.2 Å². The van der Waals surface area contributed by atoms with E-state index in [4.69, 9.17) is 5.73 Å². The van der Waals surface area contributed by atoms with Gasteiger partial charge in [0.15, 0.2) is 9.84 Å². The van der Waals surface area contributed by atoms with Gasteiger partial charge in [0.25, 0.3) is 0 Å². The fraction of sp³-hybridized carbons (Fsp3) is 0.250. The zero-order valence-electron chi connectivity index (χ0n) is 9.93. The molecule has 1 aromatic rings. The van der Waals surface area contributed by atoms with Gasteiger partial charge >= 0.3 is 0 Å². The predicted octanol–water partition coefficient (Wildman–Crippen LogP) is -0.0201. The lowest BCUT2D eigenvalue weighted by molar-refractivity contribution is -0.113. The minimum Gasteiger partial charge on any atom is -0.325 e. The van der Waals surface area contributed by atoms with E-state index in [-0.39, 0.29) is 6.54 Å². The Labute approximate surface area is 106 Å². The molecule has 0 heterocycles. The molecule has 0 radical (unpaired) electrons. The Morgan fingerprint density at radius 2 is 2.17 bits per heavy atom. The first-order valence-electron chi connectivity index (χ1n) is 5.17. The van der Waals surface area contributed by atoms with Gasteiger partial charge in [-0.1, -0.05) is 17.9 Å². The number of nitrogens with two attached hydrogens (primary N) is 1. The highest BCUT2D eigenvalue weighted by Crippen LogP contribution is 2.09. The number of rotatable bonds is 3. The van der Waals surface area contributed by atoms with Crippen LogP contribution in [-0.4, -0.2) is 32.9 Å². The van der Waals surface area contributed by atoms with E-state index in [0.29, 0.717) is 11.3 Å². The van der Waals surface area contributed by atoms with Crippen LogP contribution in [0.2, 0.25) is 0 Å². The monoisotopic (exact) mass is 266 g/mol. The molecule has 6 heteroatoms. The van der Waals surface area contributed by atoms with Crippen molar-refractivity contribution in [3.05, 3.63) is 29.8 Å². The van der Waals surface area contributed by atoms with Crippen LogP contribution in [0.15, 0.2) is 24.3 Å². The zero-order valence-corrected chi connectivity index (χ0v) is 10.8. The number of benzene rings is 1. The molecule has 0 unspecified atom stereocenters. The number of hydrogen-bond acceptors (Lipinski definition) is 4. The quantitative estimate of drug-likeness (QED) is 0.752. The van der Waals surface area contributed by atoms with Gasteiger partial charge in [0.2, 0.25) is 5.91 Å². The molecule has 5 nitrogen and oxygen atoms in total. The minimum absolute atomic E-state index is 0.255. The molecule has 0 aromatic heterocycles. The summed E-state index contributed by atoms with van der Waals surface area (Å²) in [5, 5.41) is 2.50. The molecule has 1 amide bonds. The van der Waals surface area contributed by atoms with Crippen LogP contribution in [0.4, 0.5) is 5.69 Å². The Morgan fingerprint density at radius 3 is 2.78 bits per heavy atom. The molecule has 0 saturated carbocycles. The van der Waals surface area contributed by atoms with Gasteiger partial charge in [-0.2, -0.15) is 0 Å². The highest BCUT2D eigenvalue weighted by Gasteiger charge is 2.10.